The summed E-state index contributed by atoms with van der Waals surface area (Å²) in [5.41, 5.74) is 2.26. The van der Waals surface area contributed by atoms with Gasteiger partial charge in [-0.1, -0.05) is 30.7 Å². The van der Waals surface area contributed by atoms with Crippen molar-refractivity contribution in [3.63, 3.8) is 0 Å². The van der Waals surface area contributed by atoms with Crippen molar-refractivity contribution in [1.29, 1.82) is 0 Å². The van der Waals surface area contributed by atoms with Gasteiger partial charge in [-0.2, -0.15) is 0 Å². The zero-order valence-electron chi connectivity index (χ0n) is 8.07. The molecule has 0 aliphatic heterocycles. The van der Waals surface area contributed by atoms with Crippen LogP contribution in [0.25, 0.3) is 0 Å². The van der Waals surface area contributed by atoms with Crippen molar-refractivity contribution in [2.45, 2.75) is 26.3 Å². The third kappa shape index (κ3) is 2.37. The fraction of sp³-hybridized carbons (Fsp3) is 0.400. The Hall–Kier alpha value is -0.703. The lowest BCUT2D eigenvalue weighted by atomic mass is 10.0. The van der Waals surface area contributed by atoms with Crippen LogP contribution in [-0.4, -0.2) is 9.46 Å². The molecule has 71 valence electrons. The minimum atomic E-state index is -3.20. The summed E-state index contributed by atoms with van der Waals surface area (Å²) in [6, 6.07) is 5.73. The quantitative estimate of drug-likeness (QED) is 0.506. The normalized spacial score (nSPS) is 13.4. The third-order valence-electron chi connectivity index (χ3n) is 2.23. The Morgan fingerprint density at radius 3 is 2.38 bits per heavy atom. The van der Waals surface area contributed by atoms with E-state index in [9.17, 15) is 8.22 Å². The van der Waals surface area contributed by atoms with Crippen molar-refractivity contribution in [2.75, 3.05) is 0 Å². The number of hydrogen-bond acceptors (Lipinski definition) is 0. The molecule has 0 nitrogen and oxygen atoms in total. The van der Waals surface area contributed by atoms with E-state index in [0.717, 1.165) is 16.7 Å². The molecular formula is C10H13F2Si. The Kier molecular flexibility index (Phi) is 3.20. The van der Waals surface area contributed by atoms with Gasteiger partial charge in [-0.15, -0.1) is 0 Å². The van der Waals surface area contributed by atoms with E-state index in [1.54, 1.807) is 6.92 Å². The largest absolute Gasteiger partial charge is 0.484 e. The van der Waals surface area contributed by atoms with E-state index in [1.807, 2.05) is 32.0 Å². The van der Waals surface area contributed by atoms with Crippen LogP contribution in [0.4, 0.5) is 8.22 Å². The molecule has 3 heteroatoms. The first-order valence-corrected chi connectivity index (χ1v) is 5.60. The van der Waals surface area contributed by atoms with Gasteiger partial charge in [0.2, 0.25) is 0 Å². The Bertz CT molecular complexity index is 297. The first kappa shape index (κ1) is 10.4. The molecule has 0 spiro atoms. The second-order valence-corrected chi connectivity index (χ2v) is 4.82. The summed E-state index contributed by atoms with van der Waals surface area (Å²) in [6.07, 6.45) is 0. The van der Waals surface area contributed by atoms with Gasteiger partial charge < -0.3 is 0 Å². The van der Waals surface area contributed by atoms with Crippen molar-refractivity contribution < 1.29 is 8.22 Å². The molecule has 0 saturated carbocycles. The molecule has 0 heterocycles. The molecule has 0 fully saturated rings. The predicted octanol–water partition coefficient (Wildman–Crippen LogP) is 3.37. The third-order valence-corrected chi connectivity index (χ3v) is 3.19. The van der Waals surface area contributed by atoms with Gasteiger partial charge in [-0.3, -0.25) is 8.22 Å². The van der Waals surface area contributed by atoms with Crippen molar-refractivity contribution >= 4 is 9.46 Å². The molecule has 0 bridgehead atoms. The molecule has 1 rings (SSSR count). The summed E-state index contributed by atoms with van der Waals surface area (Å²) in [7, 11) is -3.20. The van der Waals surface area contributed by atoms with Gasteiger partial charge in [0.25, 0.3) is 0 Å². The maximum absolute atomic E-state index is 12.5. The maximum atomic E-state index is 12.5. The second-order valence-electron chi connectivity index (χ2n) is 3.37. The Labute approximate surface area is 79.5 Å². The van der Waals surface area contributed by atoms with E-state index in [0.29, 0.717) is 0 Å². The summed E-state index contributed by atoms with van der Waals surface area (Å²) in [4.78, 5) is 0. The van der Waals surface area contributed by atoms with Gasteiger partial charge in [-0.05, 0) is 25.0 Å². The topological polar surface area (TPSA) is 0 Å². The Morgan fingerprint density at radius 2 is 1.85 bits per heavy atom. The van der Waals surface area contributed by atoms with Crippen molar-refractivity contribution in [1.82, 2.24) is 0 Å². The van der Waals surface area contributed by atoms with E-state index in [1.165, 1.54) is 0 Å². The highest BCUT2D eigenvalue weighted by molar-refractivity contribution is 6.44. The molecule has 0 aliphatic carbocycles. The molecule has 0 amide bonds. The number of halogens is 2. The van der Waals surface area contributed by atoms with Crippen molar-refractivity contribution in [3.05, 3.63) is 34.9 Å². The van der Waals surface area contributed by atoms with Crippen LogP contribution in [-0.2, 0) is 0 Å². The molecule has 0 aromatic heterocycles. The van der Waals surface area contributed by atoms with E-state index in [2.05, 4.69) is 0 Å². The number of hydrogen-bond donors (Lipinski definition) is 0. The molecule has 1 radical (unpaired) electrons. The van der Waals surface area contributed by atoms with Crippen LogP contribution < -0.4 is 0 Å². The molecule has 0 N–H and O–H groups in total. The maximum Gasteiger partial charge on any atom is 0.484 e. The number of aryl methyl sites for hydroxylation is 2. The minimum Gasteiger partial charge on any atom is -0.267 e. The Balaban J connectivity index is 3.05. The van der Waals surface area contributed by atoms with Gasteiger partial charge in [0.05, 0.1) is 0 Å². The molecule has 1 unspecified atom stereocenters. The highest BCUT2D eigenvalue weighted by Crippen LogP contribution is 2.24. The minimum absolute atomic E-state index is 0.565. The van der Waals surface area contributed by atoms with E-state index in [4.69, 9.17) is 0 Å². The van der Waals surface area contributed by atoms with Crippen LogP contribution in [0.3, 0.4) is 0 Å². The van der Waals surface area contributed by atoms with Gasteiger partial charge in [-0.25, -0.2) is 0 Å². The van der Waals surface area contributed by atoms with Gasteiger partial charge in [0.15, 0.2) is 0 Å². The fourth-order valence-corrected chi connectivity index (χ4v) is 1.89. The number of benzene rings is 1. The summed E-state index contributed by atoms with van der Waals surface area (Å²) in [5.74, 6) is 0. The molecule has 1 atom stereocenters. The van der Waals surface area contributed by atoms with Crippen LogP contribution >= 0.6 is 0 Å². The van der Waals surface area contributed by atoms with Crippen LogP contribution in [0, 0.1) is 13.8 Å². The molecule has 13 heavy (non-hydrogen) atoms. The summed E-state index contributed by atoms with van der Waals surface area (Å²) in [6.45, 7) is 5.42. The summed E-state index contributed by atoms with van der Waals surface area (Å²) in [5, 5.41) is 0. The standard InChI is InChI=1S/C10H13F2Si/c1-7-4-5-8(2)10(6-7)9(3)13(11)12/h4-6,9H,1-3H3. The average molecular weight is 199 g/mol. The highest BCUT2D eigenvalue weighted by Gasteiger charge is 2.24. The van der Waals surface area contributed by atoms with Gasteiger partial charge >= 0.3 is 9.46 Å². The van der Waals surface area contributed by atoms with Crippen LogP contribution in [0.1, 0.15) is 29.2 Å². The molecule has 0 aliphatic rings. The molecule has 0 saturated heterocycles. The first-order chi connectivity index (χ1) is 6.02. The molecule has 1 aromatic rings. The number of rotatable bonds is 2. The molecular weight excluding hydrogens is 186 g/mol. The smallest absolute Gasteiger partial charge is 0.267 e. The highest BCUT2D eigenvalue weighted by atomic mass is 28.4. The van der Waals surface area contributed by atoms with Gasteiger partial charge in [0, 0.05) is 5.54 Å². The van der Waals surface area contributed by atoms with Crippen molar-refractivity contribution in [3.8, 4) is 0 Å². The van der Waals surface area contributed by atoms with E-state index in [-0.39, 0.29) is 0 Å². The predicted molar refractivity (Wildman–Crippen MR) is 52.3 cm³/mol. The zero-order chi connectivity index (χ0) is 10.0. The summed E-state index contributed by atoms with van der Waals surface area (Å²) < 4.78 is 25.1. The lowest BCUT2D eigenvalue weighted by Gasteiger charge is -2.12. The van der Waals surface area contributed by atoms with Crippen LogP contribution in [0.15, 0.2) is 18.2 Å². The lowest BCUT2D eigenvalue weighted by Crippen LogP contribution is -2.11. The second kappa shape index (κ2) is 4.00. The van der Waals surface area contributed by atoms with Gasteiger partial charge in [0.1, 0.15) is 0 Å². The van der Waals surface area contributed by atoms with E-state index < -0.39 is 15.0 Å². The first-order valence-electron chi connectivity index (χ1n) is 4.27. The molecule has 1 aromatic carbocycles. The fourth-order valence-electron chi connectivity index (χ4n) is 1.34. The summed E-state index contributed by atoms with van der Waals surface area (Å²) >= 11 is 0. The Morgan fingerprint density at radius 1 is 1.23 bits per heavy atom. The monoisotopic (exact) mass is 199 g/mol. The lowest BCUT2D eigenvalue weighted by molar-refractivity contribution is 0.624. The van der Waals surface area contributed by atoms with Crippen LogP contribution in [0.2, 0.25) is 0 Å². The SMILES string of the molecule is Cc1ccc(C)c(C(C)[Si](F)F)c1. The van der Waals surface area contributed by atoms with Crippen LogP contribution in [0.5, 0.6) is 0 Å². The zero-order valence-corrected chi connectivity index (χ0v) is 9.07. The van der Waals surface area contributed by atoms with E-state index >= 15 is 0 Å². The average Bonchev–Trinajstić information content (AvgIpc) is 2.08. The van der Waals surface area contributed by atoms with Crippen molar-refractivity contribution in [2.24, 2.45) is 0 Å².